The average molecular weight is 474 g/mol. The van der Waals surface area contributed by atoms with Crippen LogP contribution in [0.1, 0.15) is 72.6 Å². The molecule has 0 fully saturated rings. The van der Waals surface area contributed by atoms with Crippen LogP contribution >= 0.6 is 0 Å². The minimum atomic E-state index is -1.89. The summed E-state index contributed by atoms with van der Waals surface area (Å²) in [5.74, 6) is 0.429. The minimum Gasteiger partial charge on any atom is -0.413 e. The molecule has 5 heteroatoms. The second-order valence-corrected chi connectivity index (χ2v) is 15.5. The van der Waals surface area contributed by atoms with Gasteiger partial charge in [-0.1, -0.05) is 64.2 Å². The van der Waals surface area contributed by atoms with Gasteiger partial charge in [0.15, 0.2) is 14.1 Å². The van der Waals surface area contributed by atoms with Crippen molar-refractivity contribution >= 4 is 20.0 Å². The van der Waals surface area contributed by atoms with E-state index >= 15 is 0 Å². The smallest absolute Gasteiger partial charge is 0.222 e. The van der Waals surface area contributed by atoms with Crippen LogP contribution in [-0.2, 0) is 14.0 Å². The summed E-state index contributed by atoms with van der Waals surface area (Å²) >= 11 is 0. The third-order valence-electron chi connectivity index (χ3n) is 6.65. The highest BCUT2D eigenvalue weighted by Gasteiger charge is 2.38. The quantitative estimate of drug-likeness (QED) is 0.125. The fourth-order valence-electron chi connectivity index (χ4n) is 3.46. The first-order valence-corrected chi connectivity index (χ1v) is 15.4. The van der Waals surface area contributed by atoms with Gasteiger partial charge in [0.2, 0.25) is 5.91 Å². The third-order valence-corrected chi connectivity index (χ3v) is 11.2. The van der Waals surface area contributed by atoms with Gasteiger partial charge in [-0.25, -0.2) is 0 Å². The summed E-state index contributed by atoms with van der Waals surface area (Å²) in [5.41, 5.74) is 0.894. The second kappa shape index (κ2) is 13.9. The highest BCUT2D eigenvalue weighted by molar-refractivity contribution is 6.74. The van der Waals surface area contributed by atoms with E-state index in [0.29, 0.717) is 6.42 Å². The van der Waals surface area contributed by atoms with E-state index in [1.807, 2.05) is 6.08 Å². The second-order valence-electron chi connectivity index (χ2n) is 10.7. The number of hydrogen-bond acceptors (Lipinski definition) is 3. The van der Waals surface area contributed by atoms with E-state index in [1.165, 1.54) is 0 Å². The summed E-state index contributed by atoms with van der Waals surface area (Å²) in [5, 5.41) is 0.155. The molecule has 2 atom stereocenters. The van der Waals surface area contributed by atoms with Gasteiger partial charge >= 0.3 is 0 Å². The lowest BCUT2D eigenvalue weighted by Crippen LogP contribution is -2.43. The molecule has 0 aromatic heterocycles. The highest BCUT2D eigenvalue weighted by Crippen LogP contribution is 2.38. The van der Waals surface area contributed by atoms with Crippen molar-refractivity contribution in [1.82, 2.24) is 4.90 Å². The van der Waals surface area contributed by atoms with Crippen molar-refractivity contribution in [1.29, 1.82) is 0 Å². The van der Waals surface area contributed by atoms with Crippen LogP contribution < -0.4 is 0 Å². The third kappa shape index (κ3) is 10.4. The van der Waals surface area contributed by atoms with Gasteiger partial charge < -0.3 is 9.33 Å². The molecule has 1 aliphatic rings. The number of ketones is 1. The number of rotatable bonds is 13. The zero-order valence-corrected chi connectivity index (χ0v) is 23.3. The van der Waals surface area contributed by atoms with Crippen molar-refractivity contribution in [2.75, 3.05) is 14.1 Å². The molecule has 0 saturated heterocycles. The molecule has 0 unspecified atom stereocenters. The normalized spacial score (nSPS) is 19.3. The lowest BCUT2D eigenvalue weighted by molar-refractivity contribution is -0.128. The van der Waals surface area contributed by atoms with Gasteiger partial charge in [0.05, 0.1) is 6.10 Å². The van der Waals surface area contributed by atoms with E-state index in [2.05, 4.69) is 71.2 Å². The molecule has 1 rings (SSSR count). The van der Waals surface area contributed by atoms with E-state index in [1.54, 1.807) is 25.1 Å². The van der Waals surface area contributed by atoms with Crippen LogP contribution in [0.4, 0.5) is 0 Å². The van der Waals surface area contributed by atoms with Crippen molar-refractivity contribution in [2.24, 2.45) is 5.92 Å². The van der Waals surface area contributed by atoms with Crippen molar-refractivity contribution in [3.63, 3.8) is 0 Å². The SMILES string of the molecule is CC/C=C\C[C@@H](C/C=C1/C(=O)C=C[C@@H]1C/C=C\CCCC(=O)N(C)C)O[Si](C)(C)C(C)(C)C. The van der Waals surface area contributed by atoms with Gasteiger partial charge in [0.1, 0.15) is 0 Å². The van der Waals surface area contributed by atoms with E-state index in [-0.39, 0.29) is 28.8 Å². The molecular formula is C28H47NO3Si. The largest absolute Gasteiger partial charge is 0.413 e. The number of carbonyl (C=O) groups is 2. The molecule has 33 heavy (non-hydrogen) atoms. The Morgan fingerprint density at radius 2 is 1.85 bits per heavy atom. The number of carbonyl (C=O) groups excluding carboxylic acids is 2. The summed E-state index contributed by atoms with van der Waals surface area (Å²) in [7, 11) is 1.69. The molecule has 0 N–H and O–H groups in total. The molecule has 0 spiro atoms. The summed E-state index contributed by atoms with van der Waals surface area (Å²) in [6.45, 7) is 13.5. The summed E-state index contributed by atoms with van der Waals surface area (Å²) in [6, 6.07) is 0. The van der Waals surface area contributed by atoms with Gasteiger partial charge in [-0.3, -0.25) is 9.59 Å². The van der Waals surface area contributed by atoms with Gasteiger partial charge in [0.25, 0.3) is 0 Å². The first kappa shape index (κ1) is 29.3. The van der Waals surface area contributed by atoms with E-state index in [0.717, 1.165) is 44.1 Å². The van der Waals surface area contributed by atoms with Crippen LogP contribution in [-0.4, -0.2) is 45.1 Å². The molecule has 0 aliphatic heterocycles. The number of hydrogen-bond donors (Lipinski definition) is 0. The Labute approximate surface area is 204 Å². The Kier molecular flexibility index (Phi) is 12.3. The molecule has 0 heterocycles. The van der Waals surface area contributed by atoms with Crippen LogP contribution in [0.3, 0.4) is 0 Å². The first-order chi connectivity index (χ1) is 15.4. The predicted molar refractivity (Wildman–Crippen MR) is 143 cm³/mol. The Balaban J connectivity index is 2.74. The van der Waals surface area contributed by atoms with E-state index < -0.39 is 8.32 Å². The van der Waals surface area contributed by atoms with Crippen LogP contribution in [0.25, 0.3) is 0 Å². The molecule has 186 valence electrons. The summed E-state index contributed by atoms with van der Waals surface area (Å²) < 4.78 is 6.71. The Morgan fingerprint density at radius 1 is 1.15 bits per heavy atom. The molecular weight excluding hydrogens is 426 g/mol. The van der Waals surface area contributed by atoms with Crippen LogP contribution in [0.5, 0.6) is 0 Å². The fourth-order valence-corrected chi connectivity index (χ4v) is 4.84. The summed E-state index contributed by atoms with van der Waals surface area (Å²) in [4.78, 5) is 25.8. The average Bonchev–Trinajstić information content (AvgIpc) is 3.06. The van der Waals surface area contributed by atoms with Crippen molar-refractivity contribution in [3.05, 3.63) is 48.1 Å². The molecule has 0 bridgehead atoms. The number of nitrogens with zero attached hydrogens (tertiary/aromatic N) is 1. The van der Waals surface area contributed by atoms with Gasteiger partial charge in [-0.2, -0.15) is 0 Å². The van der Waals surface area contributed by atoms with Gasteiger partial charge in [0, 0.05) is 32.0 Å². The topological polar surface area (TPSA) is 46.6 Å². The van der Waals surface area contributed by atoms with Crippen LogP contribution in [0, 0.1) is 5.92 Å². The first-order valence-electron chi connectivity index (χ1n) is 12.5. The van der Waals surface area contributed by atoms with Gasteiger partial charge in [-0.15, -0.1) is 0 Å². The molecule has 0 aromatic carbocycles. The monoisotopic (exact) mass is 473 g/mol. The number of allylic oxidation sites excluding steroid dienone is 6. The Morgan fingerprint density at radius 3 is 2.45 bits per heavy atom. The fraction of sp³-hybridized carbons (Fsp3) is 0.643. The molecule has 0 aromatic rings. The predicted octanol–water partition coefficient (Wildman–Crippen LogP) is 7.01. The molecule has 0 saturated carbocycles. The van der Waals surface area contributed by atoms with E-state index in [9.17, 15) is 9.59 Å². The van der Waals surface area contributed by atoms with Gasteiger partial charge in [-0.05, 0) is 62.7 Å². The Hall–Kier alpha value is -1.72. The summed E-state index contributed by atoms with van der Waals surface area (Å²) in [6.07, 6.45) is 20.4. The maximum absolute atomic E-state index is 12.5. The number of amides is 1. The van der Waals surface area contributed by atoms with E-state index in [4.69, 9.17) is 4.43 Å². The lowest BCUT2D eigenvalue weighted by atomic mass is 9.96. The maximum atomic E-state index is 12.5. The van der Waals surface area contributed by atoms with Crippen molar-refractivity contribution < 1.29 is 14.0 Å². The molecule has 4 nitrogen and oxygen atoms in total. The highest BCUT2D eigenvalue weighted by atomic mass is 28.4. The Bertz CT molecular complexity index is 754. The molecule has 1 aliphatic carbocycles. The van der Waals surface area contributed by atoms with Crippen molar-refractivity contribution in [3.8, 4) is 0 Å². The zero-order chi connectivity index (χ0) is 25.1. The lowest BCUT2D eigenvalue weighted by Gasteiger charge is -2.39. The maximum Gasteiger partial charge on any atom is 0.222 e. The van der Waals surface area contributed by atoms with Crippen molar-refractivity contribution in [2.45, 2.75) is 96.9 Å². The number of unbranched alkanes of at least 4 members (excludes halogenated alkanes) is 1. The van der Waals surface area contributed by atoms with Crippen LogP contribution in [0.15, 0.2) is 48.1 Å². The molecule has 0 radical (unpaired) electrons. The standard InChI is InChI=1S/C28H47NO3Si/c1-9-10-13-17-24(32-33(7,8)28(2,3)4)20-21-25-23(19-22-26(25)30)16-14-11-12-15-18-27(31)29(5)6/h10-11,13-14,19,21-24H,9,12,15-18,20H2,1-8H3/b13-10-,14-11-,25-21+/t23-,24-/m0/s1. The minimum absolute atomic E-state index is 0.0972. The molecule has 1 amide bonds. The van der Waals surface area contributed by atoms with Crippen LogP contribution in [0.2, 0.25) is 18.1 Å². The zero-order valence-electron chi connectivity index (χ0n) is 22.3.